The lowest BCUT2D eigenvalue weighted by Gasteiger charge is -2.73. The number of fused-ring (bicyclic) bond motifs is 7. The van der Waals surface area contributed by atoms with Gasteiger partial charge in [-0.3, -0.25) is 4.79 Å². The fourth-order valence-electron chi connectivity index (χ4n) is 17.3. The summed E-state index contributed by atoms with van der Waals surface area (Å²) in [6, 6.07) is 0. The Morgan fingerprint density at radius 1 is 0.558 bits per heavy atom. The van der Waals surface area contributed by atoms with Crippen LogP contribution in [0.15, 0.2) is 12.2 Å². The van der Waals surface area contributed by atoms with Gasteiger partial charge in [-0.15, -0.1) is 0 Å². The first-order chi connectivity index (χ1) is 36.2. The fourth-order valence-corrected chi connectivity index (χ4v) is 17.3. The summed E-state index contributed by atoms with van der Waals surface area (Å²) in [4.78, 5) is 15.1. The molecule has 9 fully saturated rings. The second-order valence-electron chi connectivity index (χ2n) is 25.6. The Balaban J connectivity index is 0.886. The van der Waals surface area contributed by atoms with Crippen LogP contribution in [0.5, 0.6) is 0 Å². The van der Waals surface area contributed by atoms with Crippen LogP contribution in [-0.4, -0.2) is 233 Å². The van der Waals surface area contributed by atoms with Crippen molar-refractivity contribution in [2.24, 2.45) is 56.7 Å². The van der Waals surface area contributed by atoms with Crippen molar-refractivity contribution < 1.29 is 114 Å². The zero-order chi connectivity index (χ0) is 56.2. The van der Waals surface area contributed by atoms with Gasteiger partial charge in [0.1, 0.15) is 91.6 Å². The van der Waals surface area contributed by atoms with Gasteiger partial charge in [0.25, 0.3) is 0 Å². The number of allylic oxidation sites excluding steroid dienone is 1. The van der Waals surface area contributed by atoms with Gasteiger partial charge in [0.15, 0.2) is 18.9 Å². The molecule has 23 heteroatoms. The molecule has 5 saturated carbocycles. The Morgan fingerprint density at radius 3 is 1.78 bits per heavy atom. The first kappa shape index (κ1) is 60.0. The minimum atomic E-state index is -1.89. The van der Waals surface area contributed by atoms with Gasteiger partial charge in [-0.05, 0) is 124 Å². The van der Waals surface area contributed by atoms with Gasteiger partial charge in [-0.1, -0.05) is 39.8 Å². The molecule has 31 atom stereocenters. The highest BCUT2D eigenvalue weighted by Crippen LogP contribution is 2.78. The summed E-state index contributed by atoms with van der Waals surface area (Å²) in [7, 11) is 0. The number of carbonyl (C=O) groups excluding carboxylic acids is 1. The summed E-state index contributed by atoms with van der Waals surface area (Å²) >= 11 is 0. The summed E-state index contributed by atoms with van der Waals surface area (Å²) in [5.41, 5.74) is -1.59. The topological polar surface area (TPSA) is 374 Å². The first-order valence-corrected chi connectivity index (χ1v) is 27.9. The van der Waals surface area contributed by atoms with E-state index >= 15 is 4.79 Å². The van der Waals surface area contributed by atoms with E-state index in [1.165, 1.54) is 6.92 Å². The predicted octanol–water partition coefficient (Wildman–Crippen LogP) is -2.18. The lowest BCUT2D eigenvalue weighted by molar-refractivity contribution is -0.361. The van der Waals surface area contributed by atoms with E-state index < -0.39 is 166 Å². The predicted molar refractivity (Wildman–Crippen MR) is 263 cm³/mol. The van der Waals surface area contributed by atoms with E-state index in [4.69, 9.17) is 37.9 Å². The van der Waals surface area contributed by atoms with E-state index in [2.05, 4.69) is 27.4 Å². The van der Waals surface area contributed by atoms with Crippen molar-refractivity contribution in [2.45, 2.75) is 235 Å². The molecule has 4 saturated heterocycles. The maximum absolute atomic E-state index is 15.1. The second-order valence-corrected chi connectivity index (χ2v) is 25.6. The molecular weight excluding hydrogens is 1020 g/mol. The summed E-state index contributed by atoms with van der Waals surface area (Å²) in [6.07, 6.45) is -25.6. The van der Waals surface area contributed by atoms with Crippen LogP contribution in [0, 0.1) is 56.7 Å². The third kappa shape index (κ3) is 9.61. The third-order valence-corrected chi connectivity index (χ3v) is 21.9. The molecule has 442 valence electrons. The molecule has 0 bridgehead atoms. The SMILES string of the molecule is C=C(C)[C@@H]1CC[C@]2(C(=O)O[C@@H]3O[C@H](CO[C@@H]4O[C@H](CO)[C@@H](O[C@@H]5O[C@@H](C)[C@H](O)[C@@H](O)[C@H]5O)[C@H](O)[C@H]4O)[C@@H](O)[C@H](O)[C@H]3O)CC[C@]3(C)[C@H](CC[C@@H]4[C@@]5(C)CC[C@H](O[C@@H]6O[C@H](CO)[C@@H](O)[C@H](O)[C@H]6O)[C@@](C)(CO)[C@@H]5CC[C@]43C)[C@@H]12. The van der Waals surface area contributed by atoms with Gasteiger partial charge in [0.05, 0.1) is 44.1 Å². The monoisotopic (exact) mass is 1100 g/mol. The number of esters is 1. The Morgan fingerprint density at radius 2 is 1.14 bits per heavy atom. The molecule has 0 aromatic carbocycles. The minimum Gasteiger partial charge on any atom is -0.432 e. The van der Waals surface area contributed by atoms with Crippen molar-refractivity contribution >= 4 is 5.97 Å². The number of aliphatic hydroxyl groups is 14. The molecule has 14 N–H and O–H groups in total. The smallest absolute Gasteiger partial charge is 0.314 e. The lowest BCUT2D eigenvalue weighted by atomic mass is 9.32. The first-order valence-electron chi connectivity index (χ1n) is 27.9. The van der Waals surface area contributed by atoms with Crippen LogP contribution >= 0.6 is 0 Å². The van der Waals surface area contributed by atoms with Gasteiger partial charge >= 0.3 is 5.97 Å². The maximum Gasteiger partial charge on any atom is 0.314 e. The third-order valence-electron chi connectivity index (χ3n) is 21.9. The van der Waals surface area contributed by atoms with Crippen molar-refractivity contribution in [3.05, 3.63) is 12.2 Å². The van der Waals surface area contributed by atoms with Crippen molar-refractivity contribution in [1.29, 1.82) is 0 Å². The molecule has 0 spiro atoms. The molecule has 23 nitrogen and oxygen atoms in total. The highest BCUT2D eigenvalue weighted by Gasteiger charge is 2.73. The standard InChI is InChI=1S/C54H88O23/c1-22(2)24-10-15-54(49(69)77-48-42(67)38(63)35(60)28(74-48)20-70-45-43(68)39(64)44(27(19-56)73-45)76-46-40(65)36(61)33(58)23(3)71-46)17-16-52(6)25(32(24)54)8-9-30-50(4)13-12-31(51(5,21-57)29(50)11-14-53(30,52)7)75-47-41(66)37(62)34(59)26(18-55)72-47/h23-48,55-68H,1,8-21H2,2-7H3/t23-,24-,25+,26+,27+,28+,29+,30+,31-,32+,33-,34+,35+,36+,37-,38-,39+,40+,41+,42+,43+,44+,45+,46-,47-,48-,50-,51-,52+,53+,54-/m0/s1. The lowest BCUT2D eigenvalue weighted by Crippen LogP contribution is -2.68. The van der Waals surface area contributed by atoms with Crippen LogP contribution in [0.1, 0.15) is 106 Å². The van der Waals surface area contributed by atoms with E-state index in [1.807, 2.05) is 13.8 Å². The molecule has 0 radical (unpaired) electrons. The number of carbonyl (C=O) groups is 1. The Bertz CT molecular complexity index is 2090. The Hall–Kier alpha value is -1.63. The van der Waals surface area contributed by atoms with Gasteiger partial charge in [0, 0.05) is 5.41 Å². The average molecular weight is 1110 g/mol. The Kier molecular flexibility index (Phi) is 17.3. The zero-order valence-electron chi connectivity index (χ0n) is 45.1. The molecule has 0 amide bonds. The molecule has 0 aromatic rings. The van der Waals surface area contributed by atoms with Gasteiger partial charge in [0.2, 0.25) is 6.29 Å². The van der Waals surface area contributed by atoms with E-state index in [-0.39, 0.29) is 52.4 Å². The van der Waals surface area contributed by atoms with Crippen molar-refractivity contribution in [3.63, 3.8) is 0 Å². The molecule has 4 heterocycles. The maximum atomic E-state index is 15.1. The van der Waals surface area contributed by atoms with E-state index in [1.54, 1.807) is 0 Å². The molecule has 5 aliphatic carbocycles. The van der Waals surface area contributed by atoms with Crippen LogP contribution < -0.4 is 0 Å². The molecule has 0 aromatic heterocycles. The normalized spacial score (nSPS) is 55.8. The van der Waals surface area contributed by atoms with Gasteiger partial charge < -0.3 is 109 Å². The molecular formula is C54H88O23. The van der Waals surface area contributed by atoms with Crippen LogP contribution in [0.3, 0.4) is 0 Å². The van der Waals surface area contributed by atoms with E-state index in [9.17, 15) is 71.5 Å². The highest BCUT2D eigenvalue weighted by molar-refractivity contribution is 5.78. The Labute approximate surface area is 449 Å². The molecule has 77 heavy (non-hydrogen) atoms. The number of hydrogen-bond donors (Lipinski definition) is 14. The minimum absolute atomic E-state index is 0.00860. The van der Waals surface area contributed by atoms with Crippen LogP contribution in [0.4, 0.5) is 0 Å². The molecule has 0 unspecified atom stereocenters. The largest absolute Gasteiger partial charge is 0.432 e. The molecule has 4 aliphatic heterocycles. The molecule has 9 rings (SSSR count). The van der Waals surface area contributed by atoms with Gasteiger partial charge in [-0.25, -0.2) is 0 Å². The average Bonchev–Trinajstić information content (AvgIpc) is 3.83. The van der Waals surface area contributed by atoms with E-state index in [0.29, 0.717) is 32.1 Å². The number of hydrogen-bond acceptors (Lipinski definition) is 23. The quantitative estimate of drug-likeness (QED) is 0.0530. The van der Waals surface area contributed by atoms with Crippen molar-refractivity contribution in [2.75, 3.05) is 26.4 Å². The molecule has 9 aliphatic rings. The van der Waals surface area contributed by atoms with Crippen molar-refractivity contribution in [3.8, 4) is 0 Å². The number of ether oxygens (including phenoxy) is 8. The highest BCUT2D eigenvalue weighted by atomic mass is 16.8. The number of rotatable bonds is 13. The van der Waals surface area contributed by atoms with Gasteiger partial charge in [-0.2, -0.15) is 0 Å². The van der Waals surface area contributed by atoms with Crippen molar-refractivity contribution in [1.82, 2.24) is 0 Å². The van der Waals surface area contributed by atoms with Crippen LogP contribution in [0.2, 0.25) is 0 Å². The van der Waals surface area contributed by atoms with Crippen LogP contribution in [-0.2, 0) is 42.7 Å². The number of aliphatic hydroxyl groups excluding tert-OH is 14. The summed E-state index contributed by atoms with van der Waals surface area (Å²) in [5, 5.41) is 150. The summed E-state index contributed by atoms with van der Waals surface area (Å²) in [6.45, 7) is 14.7. The summed E-state index contributed by atoms with van der Waals surface area (Å²) < 4.78 is 47.1. The van der Waals surface area contributed by atoms with Crippen LogP contribution in [0.25, 0.3) is 0 Å². The zero-order valence-corrected chi connectivity index (χ0v) is 45.1. The van der Waals surface area contributed by atoms with E-state index in [0.717, 1.165) is 37.7 Å². The fraction of sp³-hybridized carbons (Fsp3) is 0.944. The second kappa shape index (κ2) is 22.2. The summed E-state index contributed by atoms with van der Waals surface area (Å²) in [5.74, 6) is -0.592.